The van der Waals surface area contributed by atoms with Crippen LogP contribution in [0, 0.1) is 5.41 Å². The lowest BCUT2D eigenvalue weighted by Gasteiger charge is -2.21. The van der Waals surface area contributed by atoms with Gasteiger partial charge in [0.1, 0.15) is 5.75 Å². The van der Waals surface area contributed by atoms with E-state index in [1.807, 2.05) is 6.07 Å². The largest absolute Gasteiger partial charge is 0.492 e. The zero-order chi connectivity index (χ0) is 12.0. The van der Waals surface area contributed by atoms with E-state index in [0.29, 0.717) is 13.2 Å². The molecule has 0 aromatic carbocycles. The van der Waals surface area contributed by atoms with Crippen LogP contribution in [-0.4, -0.2) is 18.1 Å². The van der Waals surface area contributed by atoms with Crippen LogP contribution in [0.2, 0.25) is 0 Å². The molecule has 16 heavy (non-hydrogen) atoms. The molecule has 0 aliphatic rings. The van der Waals surface area contributed by atoms with Gasteiger partial charge < -0.3 is 10.5 Å². The van der Waals surface area contributed by atoms with Crippen LogP contribution in [-0.2, 0) is 0 Å². The summed E-state index contributed by atoms with van der Waals surface area (Å²) in [6.45, 7) is 5.77. The summed E-state index contributed by atoms with van der Waals surface area (Å²) < 4.78 is 6.53. The number of pyridine rings is 1. The highest BCUT2D eigenvalue weighted by molar-refractivity contribution is 9.10. The predicted molar refractivity (Wildman–Crippen MR) is 69.5 cm³/mol. The number of nitrogens with zero attached hydrogens (tertiary/aromatic N) is 1. The van der Waals surface area contributed by atoms with Crippen molar-refractivity contribution in [2.75, 3.05) is 13.2 Å². The summed E-state index contributed by atoms with van der Waals surface area (Å²) in [4.78, 5) is 4.04. The number of rotatable bonds is 6. The molecule has 0 aliphatic carbocycles. The van der Waals surface area contributed by atoms with Crippen LogP contribution >= 0.6 is 15.9 Å². The summed E-state index contributed by atoms with van der Waals surface area (Å²) in [6.07, 6.45) is 5.55. The van der Waals surface area contributed by atoms with Crippen molar-refractivity contribution >= 4 is 15.9 Å². The Kier molecular flexibility index (Phi) is 5.22. The lowest BCUT2D eigenvalue weighted by atomic mass is 9.88. The van der Waals surface area contributed by atoms with Crippen molar-refractivity contribution in [3.8, 4) is 5.75 Å². The molecule has 0 fully saturated rings. The summed E-state index contributed by atoms with van der Waals surface area (Å²) in [6, 6.07) is 1.92. The fourth-order valence-corrected chi connectivity index (χ4v) is 1.66. The van der Waals surface area contributed by atoms with Gasteiger partial charge in [-0.3, -0.25) is 4.98 Å². The van der Waals surface area contributed by atoms with Gasteiger partial charge in [0, 0.05) is 10.7 Å². The molecule has 1 aromatic rings. The predicted octanol–water partition coefficient (Wildman–Crippen LogP) is 2.99. The maximum Gasteiger partial charge on any atom is 0.138 e. The van der Waals surface area contributed by atoms with Crippen molar-refractivity contribution in [3.05, 3.63) is 22.9 Å². The lowest BCUT2D eigenvalue weighted by molar-refractivity contribution is 0.260. The second-order valence-corrected chi connectivity index (χ2v) is 5.57. The molecule has 0 aliphatic heterocycles. The quantitative estimate of drug-likeness (QED) is 0.818. The highest BCUT2D eigenvalue weighted by atomic mass is 79.9. The van der Waals surface area contributed by atoms with E-state index >= 15 is 0 Å². The average Bonchev–Trinajstić information content (AvgIpc) is 2.25. The Morgan fingerprint density at radius 1 is 1.44 bits per heavy atom. The zero-order valence-corrected chi connectivity index (χ0v) is 11.5. The first-order chi connectivity index (χ1) is 7.53. The van der Waals surface area contributed by atoms with E-state index in [1.165, 1.54) is 0 Å². The Hall–Kier alpha value is -0.610. The van der Waals surface area contributed by atoms with Gasteiger partial charge in [0.2, 0.25) is 0 Å². The standard InChI is InChI=1S/C12H19BrN2O/c1-12(2,9-14)4-3-5-16-11-6-10(13)7-15-8-11/h6-8H,3-5,9,14H2,1-2H3. The van der Waals surface area contributed by atoms with Crippen molar-refractivity contribution in [2.24, 2.45) is 11.1 Å². The summed E-state index contributed by atoms with van der Waals surface area (Å²) in [5.74, 6) is 0.805. The summed E-state index contributed by atoms with van der Waals surface area (Å²) in [7, 11) is 0. The van der Waals surface area contributed by atoms with E-state index in [2.05, 4.69) is 34.8 Å². The van der Waals surface area contributed by atoms with Crippen LogP contribution in [0.25, 0.3) is 0 Å². The SMILES string of the molecule is CC(C)(CN)CCCOc1cncc(Br)c1. The Balaban J connectivity index is 2.26. The first-order valence-electron chi connectivity index (χ1n) is 5.47. The van der Waals surface area contributed by atoms with E-state index in [9.17, 15) is 0 Å². The molecule has 1 rings (SSSR count). The van der Waals surface area contributed by atoms with Gasteiger partial charge >= 0.3 is 0 Å². The van der Waals surface area contributed by atoms with Crippen molar-refractivity contribution in [1.29, 1.82) is 0 Å². The first-order valence-corrected chi connectivity index (χ1v) is 6.26. The molecule has 0 amide bonds. The Morgan fingerprint density at radius 3 is 2.81 bits per heavy atom. The minimum absolute atomic E-state index is 0.207. The highest BCUT2D eigenvalue weighted by Gasteiger charge is 2.14. The summed E-state index contributed by atoms with van der Waals surface area (Å²) in [5.41, 5.74) is 5.87. The smallest absolute Gasteiger partial charge is 0.138 e. The third-order valence-electron chi connectivity index (χ3n) is 2.50. The van der Waals surface area contributed by atoms with Crippen molar-refractivity contribution in [3.63, 3.8) is 0 Å². The molecular formula is C12H19BrN2O. The molecule has 3 nitrogen and oxygen atoms in total. The fourth-order valence-electron chi connectivity index (χ4n) is 1.31. The maximum atomic E-state index is 5.66. The van der Waals surface area contributed by atoms with E-state index in [1.54, 1.807) is 12.4 Å². The molecule has 1 aromatic heterocycles. The van der Waals surface area contributed by atoms with Gasteiger partial charge in [-0.15, -0.1) is 0 Å². The van der Waals surface area contributed by atoms with Gasteiger partial charge in [-0.05, 0) is 46.8 Å². The fraction of sp³-hybridized carbons (Fsp3) is 0.583. The number of hydrogen-bond donors (Lipinski definition) is 1. The molecular weight excluding hydrogens is 268 g/mol. The van der Waals surface area contributed by atoms with Gasteiger partial charge in [0.15, 0.2) is 0 Å². The maximum absolute atomic E-state index is 5.66. The van der Waals surface area contributed by atoms with Crippen LogP contribution in [0.3, 0.4) is 0 Å². The number of hydrogen-bond acceptors (Lipinski definition) is 3. The number of nitrogens with two attached hydrogens (primary N) is 1. The third-order valence-corrected chi connectivity index (χ3v) is 2.93. The van der Waals surface area contributed by atoms with Crippen LogP contribution in [0.15, 0.2) is 22.9 Å². The van der Waals surface area contributed by atoms with Crippen LogP contribution in [0.1, 0.15) is 26.7 Å². The number of halogens is 1. The molecule has 4 heteroatoms. The third kappa shape index (κ3) is 4.94. The van der Waals surface area contributed by atoms with Gasteiger partial charge in [0.05, 0.1) is 12.8 Å². The van der Waals surface area contributed by atoms with Gasteiger partial charge in [-0.2, -0.15) is 0 Å². The molecule has 0 unspecified atom stereocenters. The van der Waals surface area contributed by atoms with Crippen molar-refractivity contribution < 1.29 is 4.74 Å². The molecule has 0 saturated heterocycles. The van der Waals surface area contributed by atoms with Gasteiger partial charge in [-0.1, -0.05) is 13.8 Å². The molecule has 0 spiro atoms. The van der Waals surface area contributed by atoms with E-state index < -0.39 is 0 Å². The van der Waals surface area contributed by atoms with E-state index in [4.69, 9.17) is 10.5 Å². The molecule has 0 atom stereocenters. The number of ether oxygens (including phenoxy) is 1. The Bertz CT molecular complexity index is 329. The topological polar surface area (TPSA) is 48.1 Å². The molecule has 0 saturated carbocycles. The normalized spacial score (nSPS) is 11.5. The van der Waals surface area contributed by atoms with Crippen LogP contribution in [0.5, 0.6) is 5.75 Å². The average molecular weight is 287 g/mol. The second kappa shape index (κ2) is 6.21. The van der Waals surface area contributed by atoms with Crippen molar-refractivity contribution in [1.82, 2.24) is 4.98 Å². The zero-order valence-electron chi connectivity index (χ0n) is 9.87. The lowest BCUT2D eigenvalue weighted by Crippen LogP contribution is -2.23. The Morgan fingerprint density at radius 2 is 2.19 bits per heavy atom. The monoisotopic (exact) mass is 286 g/mol. The minimum atomic E-state index is 0.207. The molecule has 90 valence electrons. The van der Waals surface area contributed by atoms with E-state index in [0.717, 1.165) is 23.1 Å². The van der Waals surface area contributed by atoms with Crippen LogP contribution in [0.4, 0.5) is 0 Å². The van der Waals surface area contributed by atoms with Gasteiger partial charge in [0.25, 0.3) is 0 Å². The minimum Gasteiger partial charge on any atom is -0.492 e. The summed E-state index contributed by atoms with van der Waals surface area (Å²) >= 11 is 3.36. The first kappa shape index (κ1) is 13.5. The Labute approximate surface area is 106 Å². The van der Waals surface area contributed by atoms with E-state index in [-0.39, 0.29) is 5.41 Å². The number of aromatic nitrogens is 1. The molecule has 0 radical (unpaired) electrons. The van der Waals surface area contributed by atoms with Gasteiger partial charge in [-0.25, -0.2) is 0 Å². The molecule has 1 heterocycles. The van der Waals surface area contributed by atoms with Crippen molar-refractivity contribution in [2.45, 2.75) is 26.7 Å². The second-order valence-electron chi connectivity index (χ2n) is 4.66. The summed E-state index contributed by atoms with van der Waals surface area (Å²) in [5, 5.41) is 0. The van der Waals surface area contributed by atoms with Crippen LogP contribution < -0.4 is 10.5 Å². The molecule has 0 bridgehead atoms. The highest BCUT2D eigenvalue weighted by Crippen LogP contribution is 2.21. The molecule has 2 N–H and O–H groups in total.